The lowest BCUT2D eigenvalue weighted by molar-refractivity contribution is -0.124. The average Bonchev–Trinajstić information content (AvgIpc) is 2.92. The molecule has 0 saturated heterocycles. The molecule has 0 spiro atoms. The van der Waals surface area contributed by atoms with Crippen LogP contribution < -0.4 is 20.1 Å². The molecule has 9 heteroatoms. The number of hydrogen-bond acceptors (Lipinski definition) is 7. The van der Waals surface area contributed by atoms with Crippen LogP contribution in [-0.2, 0) is 21.1 Å². The number of carbonyl (C=O) groups is 1. The van der Waals surface area contributed by atoms with Crippen LogP contribution >= 0.6 is 0 Å². The van der Waals surface area contributed by atoms with Gasteiger partial charge in [0.25, 0.3) is 5.91 Å². The van der Waals surface area contributed by atoms with Crippen molar-refractivity contribution in [3.8, 4) is 11.5 Å². The number of nitrogens with one attached hydrogen (secondary N) is 2. The third-order valence-electron chi connectivity index (χ3n) is 6.72. The number of sulfone groups is 1. The molecular weight excluding hydrogens is 528 g/mol. The van der Waals surface area contributed by atoms with E-state index in [1.54, 1.807) is 26.0 Å². The van der Waals surface area contributed by atoms with Crippen LogP contribution in [0, 0.1) is 19.8 Å². The lowest BCUT2D eigenvalue weighted by atomic mass is 10.0. The number of ether oxygens (including phenoxy) is 2. The molecule has 0 aliphatic heterocycles. The van der Waals surface area contributed by atoms with Crippen molar-refractivity contribution in [1.29, 1.82) is 0 Å². The van der Waals surface area contributed by atoms with Crippen molar-refractivity contribution >= 4 is 15.7 Å². The number of amides is 1. The molecule has 3 rings (SSSR count). The summed E-state index contributed by atoms with van der Waals surface area (Å²) in [6.45, 7) is 7.18. The van der Waals surface area contributed by atoms with Crippen molar-refractivity contribution in [2.24, 2.45) is 5.92 Å². The van der Waals surface area contributed by atoms with Crippen LogP contribution in [0.4, 0.5) is 0 Å². The highest BCUT2D eigenvalue weighted by molar-refractivity contribution is 7.92. The van der Waals surface area contributed by atoms with Gasteiger partial charge in [0.05, 0.1) is 24.2 Å². The van der Waals surface area contributed by atoms with E-state index in [4.69, 9.17) is 9.47 Å². The van der Waals surface area contributed by atoms with E-state index in [-0.39, 0.29) is 29.9 Å². The molecule has 40 heavy (non-hydrogen) atoms. The fourth-order valence-electron chi connectivity index (χ4n) is 4.56. The van der Waals surface area contributed by atoms with E-state index in [1.807, 2.05) is 62.4 Å². The van der Waals surface area contributed by atoms with Crippen molar-refractivity contribution in [3.63, 3.8) is 0 Å². The summed E-state index contributed by atoms with van der Waals surface area (Å²) in [5.41, 5.74) is 2.78. The standard InChI is InChI=1S/C31H40N2O6S/c1-21(2)31(40(36,37)26-16-14-25(38-5)15-17-26)32-19-28(34)27(18-24-12-7-6-8-13-24)33-29(35)20-39-30-22(3)10-9-11-23(30)4/h6-17,21,27-28,31-32,34H,18-20H2,1-5H3,(H,33,35)/t27-,28+,31?/m0/s1. The smallest absolute Gasteiger partial charge is 0.258 e. The van der Waals surface area contributed by atoms with E-state index in [9.17, 15) is 18.3 Å². The summed E-state index contributed by atoms with van der Waals surface area (Å²) < 4.78 is 37.8. The second-order valence-electron chi connectivity index (χ2n) is 10.2. The van der Waals surface area contributed by atoms with Gasteiger partial charge < -0.3 is 19.9 Å². The zero-order valence-corrected chi connectivity index (χ0v) is 24.6. The maximum absolute atomic E-state index is 13.4. The quantitative estimate of drug-likeness (QED) is 0.271. The minimum atomic E-state index is -3.76. The van der Waals surface area contributed by atoms with E-state index in [2.05, 4.69) is 10.6 Å². The minimum absolute atomic E-state index is 0.0478. The summed E-state index contributed by atoms with van der Waals surface area (Å²) >= 11 is 0. The highest BCUT2D eigenvalue weighted by atomic mass is 32.2. The normalized spacial score (nSPS) is 13.9. The SMILES string of the molecule is COc1ccc(S(=O)(=O)C(NC[C@@H](O)[C@H](Cc2ccccc2)NC(=O)COc2c(C)cccc2C)C(C)C)cc1. The lowest BCUT2D eigenvalue weighted by Gasteiger charge is -2.28. The summed E-state index contributed by atoms with van der Waals surface area (Å²) in [7, 11) is -2.24. The Morgan fingerprint density at radius 2 is 1.55 bits per heavy atom. The topological polar surface area (TPSA) is 114 Å². The maximum Gasteiger partial charge on any atom is 0.258 e. The molecule has 3 aromatic rings. The molecule has 0 fully saturated rings. The Morgan fingerprint density at radius 3 is 2.12 bits per heavy atom. The molecule has 1 unspecified atom stereocenters. The maximum atomic E-state index is 13.4. The number of aliphatic hydroxyl groups excluding tert-OH is 1. The summed E-state index contributed by atoms with van der Waals surface area (Å²) in [6.07, 6.45) is -0.715. The third-order valence-corrected chi connectivity index (χ3v) is 9.03. The minimum Gasteiger partial charge on any atom is -0.497 e. The zero-order valence-electron chi connectivity index (χ0n) is 23.8. The van der Waals surface area contributed by atoms with Crippen LogP contribution in [-0.4, -0.2) is 57.2 Å². The van der Waals surface area contributed by atoms with E-state index in [1.165, 1.54) is 19.2 Å². The Bertz CT molecular complexity index is 1320. The highest BCUT2D eigenvalue weighted by Crippen LogP contribution is 2.23. The van der Waals surface area contributed by atoms with Crippen LogP contribution in [0.1, 0.15) is 30.5 Å². The van der Waals surface area contributed by atoms with Crippen LogP contribution in [0.3, 0.4) is 0 Å². The molecule has 1 amide bonds. The first-order valence-electron chi connectivity index (χ1n) is 13.3. The molecule has 0 radical (unpaired) electrons. The van der Waals surface area contributed by atoms with Gasteiger partial charge >= 0.3 is 0 Å². The molecule has 216 valence electrons. The average molecular weight is 569 g/mol. The molecule has 0 aliphatic carbocycles. The Kier molecular flexibility index (Phi) is 11.1. The highest BCUT2D eigenvalue weighted by Gasteiger charge is 2.32. The van der Waals surface area contributed by atoms with Gasteiger partial charge in [0, 0.05) is 6.54 Å². The molecule has 0 heterocycles. The zero-order chi connectivity index (χ0) is 29.3. The number of hydrogen-bond donors (Lipinski definition) is 3. The monoisotopic (exact) mass is 568 g/mol. The van der Waals surface area contributed by atoms with E-state index in [0.717, 1.165) is 16.7 Å². The number of carbonyl (C=O) groups excluding carboxylic acids is 1. The van der Waals surface area contributed by atoms with Crippen molar-refractivity contribution in [1.82, 2.24) is 10.6 Å². The third kappa shape index (κ3) is 8.30. The molecule has 0 bridgehead atoms. The first-order valence-corrected chi connectivity index (χ1v) is 14.9. The predicted octanol–water partition coefficient (Wildman–Crippen LogP) is 3.82. The predicted molar refractivity (Wildman–Crippen MR) is 156 cm³/mol. The van der Waals surface area contributed by atoms with Gasteiger partial charge in [-0.2, -0.15) is 0 Å². The number of methoxy groups -OCH3 is 1. The Hall–Kier alpha value is -3.40. The molecule has 0 saturated carbocycles. The number of aliphatic hydroxyl groups is 1. The summed E-state index contributed by atoms with van der Waals surface area (Å²) in [6, 6.07) is 20.8. The van der Waals surface area contributed by atoms with Crippen LogP contribution in [0.2, 0.25) is 0 Å². The number of aryl methyl sites for hydroxylation is 2. The number of benzene rings is 3. The first kappa shape index (κ1) is 31.1. The molecule has 0 aromatic heterocycles. The van der Waals surface area contributed by atoms with Gasteiger partial charge in [-0.1, -0.05) is 62.4 Å². The van der Waals surface area contributed by atoms with Gasteiger partial charge in [0.2, 0.25) is 0 Å². The van der Waals surface area contributed by atoms with Gasteiger partial charge in [-0.3, -0.25) is 10.1 Å². The second kappa shape index (κ2) is 14.3. The van der Waals surface area contributed by atoms with E-state index in [0.29, 0.717) is 17.9 Å². The van der Waals surface area contributed by atoms with Crippen LogP contribution in [0.5, 0.6) is 11.5 Å². The van der Waals surface area contributed by atoms with Crippen molar-refractivity contribution < 1.29 is 27.8 Å². The van der Waals surface area contributed by atoms with Gasteiger partial charge in [0.15, 0.2) is 16.4 Å². The van der Waals surface area contributed by atoms with E-state index >= 15 is 0 Å². The van der Waals surface area contributed by atoms with Crippen LogP contribution in [0.15, 0.2) is 77.7 Å². The molecular formula is C31H40N2O6S. The van der Waals surface area contributed by atoms with Crippen molar-refractivity contribution in [2.45, 2.75) is 56.5 Å². The lowest BCUT2D eigenvalue weighted by Crippen LogP contribution is -2.52. The second-order valence-corrected chi connectivity index (χ2v) is 12.3. The van der Waals surface area contributed by atoms with Gasteiger partial charge in [-0.05, 0) is 67.1 Å². The Labute approximate surface area is 237 Å². The van der Waals surface area contributed by atoms with Crippen molar-refractivity contribution in [3.05, 3.63) is 89.5 Å². The summed E-state index contributed by atoms with van der Waals surface area (Å²) in [5, 5.41) is 16.2. The summed E-state index contributed by atoms with van der Waals surface area (Å²) in [5.74, 6) is 0.550. The fraction of sp³-hybridized carbons (Fsp3) is 0.387. The molecule has 3 N–H and O–H groups in total. The first-order chi connectivity index (χ1) is 19.0. The van der Waals surface area contributed by atoms with Crippen molar-refractivity contribution in [2.75, 3.05) is 20.3 Å². The number of rotatable bonds is 14. The molecule has 8 nitrogen and oxygen atoms in total. The molecule has 0 aliphatic rings. The largest absolute Gasteiger partial charge is 0.497 e. The Balaban J connectivity index is 1.72. The number of para-hydroxylation sites is 1. The van der Waals surface area contributed by atoms with Gasteiger partial charge in [-0.25, -0.2) is 8.42 Å². The summed E-state index contributed by atoms with van der Waals surface area (Å²) in [4.78, 5) is 13.1. The van der Waals surface area contributed by atoms with Gasteiger partial charge in [-0.15, -0.1) is 0 Å². The molecule has 3 atom stereocenters. The fourth-order valence-corrected chi connectivity index (χ4v) is 6.40. The molecule has 3 aromatic carbocycles. The van der Waals surface area contributed by atoms with Crippen LogP contribution in [0.25, 0.3) is 0 Å². The van der Waals surface area contributed by atoms with E-state index < -0.39 is 27.4 Å². The Morgan fingerprint density at radius 1 is 0.925 bits per heavy atom. The van der Waals surface area contributed by atoms with Gasteiger partial charge in [0.1, 0.15) is 16.9 Å².